The number of rotatable bonds is 13. The van der Waals surface area contributed by atoms with Crippen LogP contribution < -0.4 is 10.9 Å². The number of nitrogens with zero attached hydrogens (tertiary/aromatic N) is 2. The Kier molecular flexibility index (Phi) is 10.2. The van der Waals surface area contributed by atoms with E-state index in [0.29, 0.717) is 12.8 Å². The van der Waals surface area contributed by atoms with Crippen LogP contribution in [-0.4, -0.2) is 24.2 Å². The maximum Gasteiger partial charge on any atom is 0.240 e. The summed E-state index contributed by atoms with van der Waals surface area (Å²) < 4.78 is 0. The van der Waals surface area contributed by atoms with Crippen LogP contribution in [0.25, 0.3) is 21.5 Å². The van der Waals surface area contributed by atoms with Crippen molar-refractivity contribution < 1.29 is 9.59 Å². The van der Waals surface area contributed by atoms with E-state index in [-0.39, 0.29) is 11.8 Å². The van der Waals surface area contributed by atoms with Crippen molar-refractivity contribution in [1.82, 2.24) is 10.9 Å². The predicted octanol–water partition coefficient (Wildman–Crippen LogP) is 6.71. The number of carbonyl (C=O) groups excluding carboxylic acids is 2. The quantitative estimate of drug-likeness (QED) is 0.120. The number of carbonyl (C=O) groups is 2. The first-order valence-electron chi connectivity index (χ1n) is 13.3. The van der Waals surface area contributed by atoms with Crippen molar-refractivity contribution in [2.45, 2.75) is 51.4 Å². The first-order chi connectivity index (χ1) is 18.7. The van der Waals surface area contributed by atoms with Gasteiger partial charge in [-0.15, -0.1) is 0 Å². The van der Waals surface area contributed by atoms with E-state index in [2.05, 4.69) is 45.3 Å². The molecule has 0 bridgehead atoms. The molecule has 0 aliphatic carbocycles. The minimum absolute atomic E-state index is 0.0674. The molecular weight excluding hydrogens is 472 g/mol. The Morgan fingerprint density at radius 3 is 1.39 bits per heavy atom. The van der Waals surface area contributed by atoms with Crippen molar-refractivity contribution in [3.05, 3.63) is 96.1 Å². The second-order valence-corrected chi connectivity index (χ2v) is 9.34. The zero-order chi connectivity index (χ0) is 26.4. The number of amides is 2. The Morgan fingerprint density at radius 2 is 0.921 bits per heavy atom. The zero-order valence-corrected chi connectivity index (χ0v) is 21.6. The Morgan fingerprint density at radius 1 is 0.526 bits per heavy atom. The topological polar surface area (TPSA) is 82.9 Å². The van der Waals surface area contributed by atoms with Gasteiger partial charge in [-0.1, -0.05) is 111 Å². The van der Waals surface area contributed by atoms with Gasteiger partial charge < -0.3 is 0 Å². The summed E-state index contributed by atoms with van der Waals surface area (Å²) in [6.07, 6.45) is 10.1. The lowest BCUT2D eigenvalue weighted by atomic mass is 10.1. The number of hydrazone groups is 2. The molecule has 4 aromatic carbocycles. The molecule has 2 N–H and O–H groups in total. The first kappa shape index (κ1) is 26.7. The third kappa shape index (κ3) is 8.10. The van der Waals surface area contributed by atoms with Gasteiger partial charge in [0.25, 0.3) is 0 Å². The molecule has 0 fully saturated rings. The van der Waals surface area contributed by atoms with Gasteiger partial charge in [-0.05, 0) is 34.4 Å². The highest BCUT2D eigenvalue weighted by Gasteiger charge is 2.03. The summed E-state index contributed by atoms with van der Waals surface area (Å²) in [5.74, 6) is -0.135. The molecule has 194 valence electrons. The highest BCUT2D eigenvalue weighted by molar-refractivity contribution is 6.00. The largest absolute Gasteiger partial charge is 0.273 e. The normalized spacial score (nSPS) is 11.5. The van der Waals surface area contributed by atoms with Crippen molar-refractivity contribution >= 4 is 45.8 Å². The minimum Gasteiger partial charge on any atom is -0.273 e. The Balaban J connectivity index is 1.03. The van der Waals surface area contributed by atoms with Gasteiger partial charge in [0.15, 0.2) is 0 Å². The molecule has 0 aromatic heterocycles. The van der Waals surface area contributed by atoms with E-state index < -0.39 is 0 Å². The van der Waals surface area contributed by atoms with Crippen molar-refractivity contribution in [2.24, 2.45) is 10.2 Å². The number of nitrogens with one attached hydrogen (secondary N) is 2. The van der Waals surface area contributed by atoms with Crippen molar-refractivity contribution in [1.29, 1.82) is 0 Å². The fourth-order valence-electron chi connectivity index (χ4n) is 4.46. The summed E-state index contributed by atoms with van der Waals surface area (Å²) in [6, 6.07) is 28.3. The standard InChI is InChI=1S/C32H34N4O2/c37-31(35-33-23-27-17-11-15-25-13-7-9-19-29(25)27)21-5-3-1-2-4-6-22-32(38)36-34-24-28-18-12-16-26-14-8-10-20-30(26)28/h7-20,23-24H,1-6,21-22H2,(H,35,37)(H,36,38)/b33-23-,34-24-. The second-order valence-electron chi connectivity index (χ2n) is 9.34. The molecule has 6 heteroatoms. The van der Waals surface area contributed by atoms with Gasteiger partial charge in [0.1, 0.15) is 0 Å². The van der Waals surface area contributed by atoms with Crippen molar-refractivity contribution in [2.75, 3.05) is 0 Å². The Labute approximate surface area is 223 Å². The summed E-state index contributed by atoms with van der Waals surface area (Å²) in [6.45, 7) is 0. The van der Waals surface area contributed by atoms with Gasteiger partial charge in [-0.3, -0.25) is 9.59 Å². The molecular formula is C32H34N4O2. The number of unbranched alkanes of at least 4 members (excludes halogenated alkanes) is 5. The molecule has 4 aromatic rings. The molecule has 0 atom stereocenters. The Hall–Kier alpha value is -4.32. The summed E-state index contributed by atoms with van der Waals surface area (Å²) in [5, 5.41) is 12.8. The van der Waals surface area contributed by atoms with Gasteiger partial charge in [-0.25, -0.2) is 10.9 Å². The average molecular weight is 507 g/mol. The number of benzene rings is 4. The smallest absolute Gasteiger partial charge is 0.240 e. The number of hydrogen-bond acceptors (Lipinski definition) is 4. The summed E-state index contributed by atoms with van der Waals surface area (Å²) in [4.78, 5) is 24.1. The average Bonchev–Trinajstić information content (AvgIpc) is 2.95. The van der Waals surface area contributed by atoms with E-state index in [1.165, 1.54) is 0 Å². The van der Waals surface area contributed by atoms with Crippen LogP contribution in [-0.2, 0) is 9.59 Å². The molecule has 0 aliphatic rings. The molecule has 0 radical (unpaired) electrons. The SMILES string of the molecule is O=C(CCCCCCCCC(=O)N/N=C\c1cccc2ccccc12)N/N=C\c1cccc2ccccc12. The lowest BCUT2D eigenvalue weighted by Crippen LogP contribution is -2.17. The van der Waals surface area contributed by atoms with E-state index in [4.69, 9.17) is 0 Å². The summed E-state index contributed by atoms with van der Waals surface area (Å²) >= 11 is 0. The van der Waals surface area contributed by atoms with Crippen LogP contribution in [0.4, 0.5) is 0 Å². The predicted molar refractivity (Wildman–Crippen MR) is 156 cm³/mol. The lowest BCUT2D eigenvalue weighted by Gasteiger charge is -2.03. The van der Waals surface area contributed by atoms with E-state index in [9.17, 15) is 9.59 Å². The minimum atomic E-state index is -0.0674. The molecule has 0 saturated carbocycles. The van der Waals surface area contributed by atoms with Crippen LogP contribution in [0.1, 0.15) is 62.5 Å². The lowest BCUT2D eigenvalue weighted by molar-refractivity contribution is -0.122. The summed E-state index contributed by atoms with van der Waals surface area (Å²) in [7, 11) is 0. The van der Waals surface area contributed by atoms with Gasteiger partial charge in [0.2, 0.25) is 11.8 Å². The molecule has 6 nitrogen and oxygen atoms in total. The Bertz CT molecular complexity index is 1310. The fourth-order valence-corrected chi connectivity index (χ4v) is 4.46. The maximum absolute atomic E-state index is 12.1. The first-order valence-corrected chi connectivity index (χ1v) is 13.3. The van der Waals surface area contributed by atoms with Crippen LogP contribution in [0.15, 0.2) is 95.1 Å². The van der Waals surface area contributed by atoms with E-state index in [1.54, 1.807) is 12.4 Å². The molecule has 0 saturated heterocycles. The highest BCUT2D eigenvalue weighted by atomic mass is 16.2. The van der Waals surface area contributed by atoms with Gasteiger partial charge in [0, 0.05) is 24.0 Å². The van der Waals surface area contributed by atoms with Crippen LogP contribution >= 0.6 is 0 Å². The van der Waals surface area contributed by atoms with E-state index in [1.807, 2.05) is 60.7 Å². The third-order valence-electron chi connectivity index (χ3n) is 6.49. The molecule has 0 unspecified atom stereocenters. The van der Waals surface area contributed by atoms with Crippen LogP contribution in [0.2, 0.25) is 0 Å². The zero-order valence-electron chi connectivity index (χ0n) is 21.6. The molecule has 0 heterocycles. The molecule has 2 amide bonds. The third-order valence-corrected chi connectivity index (χ3v) is 6.49. The van der Waals surface area contributed by atoms with Crippen LogP contribution in [0.3, 0.4) is 0 Å². The maximum atomic E-state index is 12.1. The second kappa shape index (κ2) is 14.4. The summed E-state index contributed by atoms with van der Waals surface area (Å²) in [5.41, 5.74) is 7.22. The van der Waals surface area contributed by atoms with Crippen molar-refractivity contribution in [3.63, 3.8) is 0 Å². The van der Waals surface area contributed by atoms with Gasteiger partial charge in [0.05, 0.1) is 12.4 Å². The van der Waals surface area contributed by atoms with Crippen molar-refractivity contribution in [3.8, 4) is 0 Å². The molecule has 0 aliphatic heterocycles. The number of hydrogen-bond donors (Lipinski definition) is 2. The highest BCUT2D eigenvalue weighted by Crippen LogP contribution is 2.18. The van der Waals surface area contributed by atoms with E-state index >= 15 is 0 Å². The van der Waals surface area contributed by atoms with Crippen LogP contribution in [0.5, 0.6) is 0 Å². The molecule has 0 spiro atoms. The molecule has 38 heavy (non-hydrogen) atoms. The molecule has 4 rings (SSSR count). The number of fused-ring (bicyclic) bond motifs is 2. The van der Waals surface area contributed by atoms with Gasteiger partial charge >= 0.3 is 0 Å². The monoisotopic (exact) mass is 506 g/mol. The fraction of sp³-hybridized carbons (Fsp3) is 0.250. The van der Waals surface area contributed by atoms with E-state index in [0.717, 1.165) is 71.2 Å². The van der Waals surface area contributed by atoms with Crippen LogP contribution in [0, 0.1) is 0 Å². The van der Waals surface area contributed by atoms with Gasteiger partial charge in [-0.2, -0.15) is 10.2 Å².